The second kappa shape index (κ2) is 7.30. The molecule has 96 valence electrons. The van der Waals surface area contributed by atoms with Crippen molar-refractivity contribution in [3.8, 4) is 0 Å². The minimum absolute atomic E-state index is 0.361. The molecule has 0 aliphatic carbocycles. The third kappa shape index (κ3) is 4.02. The lowest BCUT2D eigenvalue weighted by molar-refractivity contribution is 0.171. The van der Waals surface area contributed by atoms with E-state index in [0.29, 0.717) is 6.04 Å². The summed E-state index contributed by atoms with van der Waals surface area (Å²) in [6.07, 6.45) is 0. The predicted octanol–water partition coefficient (Wildman–Crippen LogP) is 2.06. The molecule has 1 rings (SSSR count). The van der Waals surface area contributed by atoms with Gasteiger partial charge in [0.15, 0.2) is 0 Å². The fourth-order valence-corrected chi connectivity index (χ4v) is 2.01. The van der Waals surface area contributed by atoms with Gasteiger partial charge in [-0.1, -0.05) is 18.2 Å². The molecule has 0 bridgehead atoms. The molecule has 1 aromatic rings. The van der Waals surface area contributed by atoms with Gasteiger partial charge in [-0.3, -0.25) is 0 Å². The van der Waals surface area contributed by atoms with Gasteiger partial charge in [0.25, 0.3) is 0 Å². The Bertz CT molecular complexity index is 328. The summed E-state index contributed by atoms with van der Waals surface area (Å²) in [5.41, 5.74) is 2.63. The smallest absolute Gasteiger partial charge is 0.0633 e. The van der Waals surface area contributed by atoms with E-state index >= 15 is 0 Å². The number of para-hydroxylation sites is 1. The summed E-state index contributed by atoms with van der Waals surface area (Å²) in [5, 5.41) is 3.29. The highest BCUT2D eigenvalue weighted by atomic mass is 16.5. The second-order valence-corrected chi connectivity index (χ2v) is 4.27. The van der Waals surface area contributed by atoms with Gasteiger partial charge in [0.05, 0.1) is 6.61 Å². The van der Waals surface area contributed by atoms with E-state index in [-0.39, 0.29) is 0 Å². The third-order valence-electron chi connectivity index (χ3n) is 3.05. The number of anilines is 1. The Morgan fingerprint density at radius 2 is 2.06 bits per heavy atom. The Kier molecular flexibility index (Phi) is 6.01. The minimum Gasteiger partial charge on any atom is -0.383 e. The fourth-order valence-electron chi connectivity index (χ4n) is 2.01. The molecule has 0 aliphatic heterocycles. The largest absolute Gasteiger partial charge is 0.383 e. The number of hydrogen-bond donors (Lipinski definition) is 1. The van der Waals surface area contributed by atoms with Crippen LogP contribution in [0.15, 0.2) is 24.3 Å². The zero-order chi connectivity index (χ0) is 12.7. The molecule has 1 N–H and O–H groups in total. The van der Waals surface area contributed by atoms with Crippen molar-refractivity contribution in [1.82, 2.24) is 5.32 Å². The quantitative estimate of drug-likeness (QED) is 0.784. The van der Waals surface area contributed by atoms with Crippen LogP contribution in [0.25, 0.3) is 0 Å². The summed E-state index contributed by atoms with van der Waals surface area (Å²) in [4.78, 5) is 2.38. The highest BCUT2D eigenvalue weighted by Gasteiger charge is 2.13. The third-order valence-corrected chi connectivity index (χ3v) is 3.05. The first-order chi connectivity index (χ1) is 8.22. The van der Waals surface area contributed by atoms with Crippen molar-refractivity contribution < 1.29 is 4.74 Å². The molecule has 3 nitrogen and oxygen atoms in total. The number of hydrogen-bond acceptors (Lipinski definition) is 3. The lowest BCUT2D eigenvalue weighted by Crippen LogP contribution is -2.42. The number of rotatable bonds is 7. The molecule has 3 heteroatoms. The Balaban J connectivity index is 2.74. The lowest BCUT2D eigenvalue weighted by Gasteiger charge is -2.29. The van der Waals surface area contributed by atoms with E-state index in [1.54, 1.807) is 7.11 Å². The molecule has 0 saturated carbocycles. The van der Waals surface area contributed by atoms with Gasteiger partial charge in [0.2, 0.25) is 0 Å². The van der Waals surface area contributed by atoms with Crippen molar-refractivity contribution in [2.24, 2.45) is 0 Å². The zero-order valence-corrected chi connectivity index (χ0v) is 11.4. The topological polar surface area (TPSA) is 24.5 Å². The summed E-state index contributed by atoms with van der Waals surface area (Å²) < 4.78 is 5.22. The van der Waals surface area contributed by atoms with Crippen molar-refractivity contribution in [2.75, 3.05) is 38.8 Å². The van der Waals surface area contributed by atoms with E-state index < -0.39 is 0 Å². The molecule has 0 saturated heterocycles. The van der Waals surface area contributed by atoms with Crippen molar-refractivity contribution in [3.63, 3.8) is 0 Å². The van der Waals surface area contributed by atoms with Crippen LogP contribution in [-0.4, -0.2) is 39.9 Å². The number of nitrogens with one attached hydrogen (secondary N) is 1. The lowest BCUT2D eigenvalue weighted by atomic mass is 10.1. The Hall–Kier alpha value is -1.06. The molecule has 0 heterocycles. The van der Waals surface area contributed by atoms with E-state index in [4.69, 9.17) is 4.74 Å². The average molecular weight is 236 g/mol. The molecule has 0 aromatic heterocycles. The molecule has 0 aliphatic rings. The maximum absolute atomic E-state index is 5.22. The van der Waals surface area contributed by atoms with Gasteiger partial charge < -0.3 is 15.0 Å². The minimum atomic E-state index is 0.361. The number of ether oxygens (including phenoxy) is 1. The van der Waals surface area contributed by atoms with Gasteiger partial charge in [-0.2, -0.15) is 0 Å². The van der Waals surface area contributed by atoms with Crippen LogP contribution in [0.2, 0.25) is 0 Å². The van der Waals surface area contributed by atoms with E-state index in [1.165, 1.54) is 11.3 Å². The molecule has 0 fully saturated rings. The number of nitrogens with zero attached hydrogens (tertiary/aromatic N) is 1. The van der Waals surface area contributed by atoms with Crippen molar-refractivity contribution in [1.29, 1.82) is 0 Å². The van der Waals surface area contributed by atoms with Crippen LogP contribution in [0.5, 0.6) is 0 Å². The summed E-state index contributed by atoms with van der Waals surface area (Å²) in [6, 6.07) is 8.87. The van der Waals surface area contributed by atoms with Gasteiger partial charge in [-0.25, -0.2) is 0 Å². The summed E-state index contributed by atoms with van der Waals surface area (Å²) in [5.74, 6) is 0. The molecule has 17 heavy (non-hydrogen) atoms. The number of benzene rings is 1. The fraction of sp³-hybridized carbons (Fsp3) is 0.571. The molecule has 1 atom stereocenters. The van der Waals surface area contributed by atoms with Crippen LogP contribution in [0.3, 0.4) is 0 Å². The van der Waals surface area contributed by atoms with Gasteiger partial charge in [-0.15, -0.1) is 0 Å². The van der Waals surface area contributed by atoms with Crippen LogP contribution < -0.4 is 10.2 Å². The molecule has 1 unspecified atom stereocenters. The first-order valence-corrected chi connectivity index (χ1v) is 6.19. The number of methoxy groups -OCH3 is 1. The van der Waals surface area contributed by atoms with E-state index in [0.717, 1.165) is 19.7 Å². The Labute approximate surface area is 105 Å². The van der Waals surface area contributed by atoms with Crippen LogP contribution >= 0.6 is 0 Å². The van der Waals surface area contributed by atoms with E-state index in [9.17, 15) is 0 Å². The van der Waals surface area contributed by atoms with Gasteiger partial charge in [0.1, 0.15) is 0 Å². The molecule has 0 amide bonds. The normalized spacial score (nSPS) is 12.5. The predicted molar refractivity (Wildman–Crippen MR) is 73.8 cm³/mol. The molecular weight excluding hydrogens is 212 g/mol. The maximum atomic E-state index is 5.22. The number of aryl methyl sites for hydroxylation is 1. The summed E-state index contributed by atoms with van der Waals surface area (Å²) in [7, 11) is 3.73. The molecular formula is C14H24N2O. The van der Waals surface area contributed by atoms with Crippen molar-refractivity contribution in [2.45, 2.75) is 19.9 Å². The second-order valence-electron chi connectivity index (χ2n) is 4.27. The van der Waals surface area contributed by atoms with Crippen molar-refractivity contribution >= 4 is 5.69 Å². The van der Waals surface area contributed by atoms with Gasteiger partial charge >= 0.3 is 0 Å². The standard InChI is InChI=1S/C14H24N2O/c1-5-16(10-13(15-3)11-17-4)14-9-7-6-8-12(14)2/h6-9,13,15H,5,10-11H2,1-4H3. The highest BCUT2D eigenvalue weighted by Crippen LogP contribution is 2.19. The first-order valence-electron chi connectivity index (χ1n) is 6.19. The van der Waals surface area contributed by atoms with Crippen LogP contribution in [0.4, 0.5) is 5.69 Å². The Morgan fingerprint density at radius 1 is 1.35 bits per heavy atom. The molecule has 1 aromatic carbocycles. The molecule has 0 spiro atoms. The maximum Gasteiger partial charge on any atom is 0.0633 e. The molecule has 0 radical (unpaired) electrons. The van der Waals surface area contributed by atoms with Gasteiger partial charge in [0, 0.05) is 31.9 Å². The van der Waals surface area contributed by atoms with Crippen LogP contribution in [-0.2, 0) is 4.74 Å². The van der Waals surface area contributed by atoms with Gasteiger partial charge in [-0.05, 0) is 32.5 Å². The highest BCUT2D eigenvalue weighted by molar-refractivity contribution is 5.52. The Morgan fingerprint density at radius 3 is 2.59 bits per heavy atom. The average Bonchev–Trinajstić information content (AvgIpc) is 2.35. The zero-order valence-electron chi connectivity index (χ0n) is 11.4. The van der Waals surface area contributed by atoms with Crippen molar-refractivity contribution in [3.05, 3.63) is 29.8 Å². The number of likely N-dealkylation sites (N-methyl/N-ethyl adjacent to an activating group) is 2. The SMILES string of the molecule is CCN(CC(COC)NC)c1ccccc1C. The van der Waals surface area contributed by atoms with E-state index in [2.05, 4.69) is 48.3 Å². The van der Waals surface area contributed by atoms with Crippen LogP contribution in [0, 0.1) is 6.92 Å². The first kappa shape index (κ1) is 14.0. The van der Waals surface area contributed by atoms with Crippen LogP contribution in [0.1, 0.15) is 12.5 Å². The monoisotopic (exact) mass is 236 g/mol. The summed E-state index contributed by atoms with van der Waals surface area (Å²) >= 11 is 0. The van der Waals surface area contributed by atoms with E-state index in [1.807, 2.05) is 7.05 Å². The summed E-state index contributed by atoms with van der Waals surface area (Å²) in [6.45, 7) is 7.05.